The van der Waals surface area contributed by atoms with Crippen LogP contribution in [-0.4, -0.2) is 18.5 Å². The van der Waals surface area contributed by atoms with Gasteiger partial charge in [0, 0.05) is 22.7 Å². The Morgan fingerprint density at radius 3 is 1.56 bits per heavy atom. The standard InChI is InChI=1S/C21H20N4O2/c26-21(24-16-9-5-2-6-10-16)25-18-13-11-17(12-14-18)23-20-19(27-20)22-15-7-3-1-4-8-15/h1-14,19-20,22-23H,(H2,24,25,26). The van der Waals surface area contributed by atoms with E-state index < -0.39 is 0 Å². The third-order valence-electron chi connectivity index (χ3n) is 4.06. The number of rotatable bonds is 6. The van der Waals surface area contributed by atoms with Crippen LogP contribution in [0.5, 0.6) is 0 Å². The molecule has 0 radical (unpaired) electrons. The summed E-state index contributed by atoms with van der Waals surface area (Å²) >= 11 is 0. The molecule has 3 aromatic carbocycles. The lowest BCUT2D eigenvalue weighted by Crippen LogP contribution is -2.19. The summed E-state index contributed by atoms with van der Waals surface area (Å²) < 4.78 is 5.58. The normalized spacial score (nSPS) is 17.6. The van der Waals surface area contributed by atoms with E-state index in [1.165, 1.54) is 0 Å². The Morgan fingerprint density at radius 2 is 1.00 bits per heavy atom. The first-order valence-electron chi connectivity index (χ1n) is 8.73. The van der Waals surface area contributed by atoms with Crippen LogP contribution < -0.4 is 21.3 Å². The van der Waals surface area contributed by atoms with Crippen molar-refractivity contribution in [3.63, 3.8) is 0 Å². The largest absolute Gasteiger partial charge is 0.356 e. The Hall–Kier alpha value is -3.51. The molecule has 1 heterocycles. The molecule has 136 valence electrons. The second-order valence-corrected chi connectivity index (χ2v) is 6.15. The molecular weight excluding hydrogens is 340 g/mol. The van der Waals surface area contributed by atoms with E-state index in [-0.39, 0.29) is 18.5 Å². The quantitative estimate of drug-likeness (QED) is 0.487. The van der Waals surface area contributed by atoms with Crippen molar-refractivity contribution in [3.05, 3.63) is 84.9 Å². The molecule has 0 aromatic heterocycles. The van der Waals surface area contributed by atoms with Gasteiger partial charge in [0.2, 0.25) is 0 Å². The van der Waals surface area contributed by atoms with Gasteiger partial charge in [-0.05, 0) is 48.5 Å². The summed E-state index contributed by atoms with van der Waals surface area (Å²) in [5.41, 5.74) is 3.41. The van der Waals surface area contributed by atoms with Crippen LogP contribution in [0.25, 0.3) is 0 Å². The van der Waals surface area contributed by atoms with Crippen LogP contribution in [0.4, 0.5) is 27.5 Å². The lowest BCUT2D eigenvalue weighted by Gasteiger charge is -2.09. The molecule has 27 heavy (non-hydrogen) atoms. The predicted molar refractivity (Wildman–Crippen MR) is 108 cm³/mol. The van der Waals surface area contributed by atoms with E-state index in [0.29, 0.717) is 5.69 Å². The molecule has 1 aliphatic heterocycles. The second-order valence-electron chi connectivity index (χ2n) is 6.15. The van der Waals surface area contributed by atoms with Crippen LogP contribution in [0.2, 0.25) is 0 Å². The smallest absolute Gasteiger partial charge is 0.323 e. The summed E-state index contributed by atoms with van der Waals surface area (Å²) in [5, 5.41) is 12.2. The highest BCUT2D eigenvalue weighted by atomic mass is 16.6. The van der Waals surface area contributed by atoms with Gasteiger partial charge in [0.15, 0.2) is 12.5 Å². The van der Waals surface area contributed by atoms with Crippen molar-refractivity contribution in [1.29, 1.82) is 0 Å². The van der Waals surface area contributed by atoms with Crippen molar-refractivity contribution in [2.24, 2.45) is 0 Å². The average molecular weight is 360 g/mol. The Labute approximate surface area is 157 Å². The number of urea groups is 1. The van der Waals surface area contributed by atoms with Gasteiger partial charge >= 0.3 is 6.03 Å². The third kappa shape index (κ3) is 4.77. The van der Waals surface area contributed by atoms with Crippen molar-refractivity contribution in [2.75, 3.05) is 21.3 Å². The number of hydrogen-bond acceptors (Lipinski definition) is 4. The number of carbonyl (C=O) groups excluding carboxylic acids is 1. The average Bonchev–Trinajstić information content (AvgIpc) is 3.42. The van der Waals surface area contributed by atoms with E-state index in [2.05, 4.69) is 21.3 Å². The molecule has 2 atom stereocenters. The lowest BCUT2D eigenvalue weighted by atomic mass is 10.2. The van der Waals surface area contributed by atoms with Crippen molar-refractivity contribution in [3.8, 4) is 0 Å². The Morgan fingerprint density at radius 1 is 0.593 bits per heavy atom. The van der Waals surface area contributed by atoms with Gasteiger partial charge in [-0.15, -0.1) is 0 Å². The zero-order valence-electron chi connectivity index (χ0n) is 14.6. The van der Waals surface area contributed by atoms with Gasteiger partial charge < -0.3 is 26.0 Å². The van der Waals surface area contributed by atoms with Crippen molar-refractivity contribution < 1.29 is 9.53 Å². The van der Waals surface area contributed by atoms with Gasteiger partial charge in [-0.2, -0.15) is 0 Å². The zero-order valence-corrected chi connectivity index (χ0v) is 14.6. The van der Waals surface area contributed by atoms with E-state index in [4.69, 9.17) is 4.74 Å². The second kappa shape index (κ2) is 7.80. The number of amides is 2. The van der Waals surface area contributed by atoms with Gasteiger partial charge in [0.05, 0.1) is 0 Å². The maximum absolute atomic E-state index is 12.0. The monoisotopic (exact) mass is 360 g/mol. The molecule has 6 nitrogen and oxygen atoms in total. The first kappa shape index (κ1) is 16.9. The van der Waals surface area contributed by atoms with Crippen LogP contribution >= 0.6 is 0 Å². The summed E-state index contributed by atoms with van der Waals surface area (Å²) in [4.78, 5) is 12.0. The molecule has 6 heteroatoms. The predicted octanol–water partition coefficient (Wildman–Crippen LogP) is 4.54. The molecule has 0 aliphatic carbocycles. The molecule has 2 unspecified atom stereocenters. The summed E-state index contributed by atoms with van der Waals surface area (Å²) in [6, 6.07) is 26.5. The summed E-state index contributed by atoms with van der Waals surface area (Å²) in [6.45, 7) is 0. The van der Waals surface area contributed by atoms with E-state index >= 15 is 0 Å². The minimum atomic E-state index is -0.278. The number of epoxide rings is 1. The molecule has 2 amide bonds. The van der Waals surface area contributed by atoms with Crippen LogP contribution in [0.3, 0.4) is 0 Å². The minimum absolute atomic E-state index is 0.0538. The van der Waals surface area contributed by atoms with Crippen molar-refractivity contribution >= 4 is 28.8 Å². The molecule has 1 saturated heterocycles. The first-order chi connectivity index (χ1) is 13.3. The van der Waals surface area contributed by atoms with E-state index in [1.807, 2.05) is 84.9 Å². The molecule has 4 rings (SSSR count). The fourth-order valence-electron chi connectivity index (χ4n) is 2.66. The van der Waals surface area contributed by atoms with Gasteiger partial charge in [-0.3, -0.25) is 0 Å². The topological polar surface area (TPSA) is 77.7 Å². The van der Waals surface area contributed by atoms with Crippen LogP contribution in [0.15, 0.2) is 84.9 Å². The maximum atomic E-state index is 12.0. The van der Waals surface area contributed by atoms with Gasteiger partial charge in [0.25, 0.3) is 0 Å². The summed E-state index contributed by atoms with van der Waals surface area (Å²) in [5.74, 6) is 0. The highest BCUT2D eigenvalue weighted by Crippen LogP contribution is 2.26. The number of anilines is 4. The molecule has 1 aliphatic rings. The number of para-hydroxylation sites is 2. The van der Waals surface area contributed by atoms with E-state index in [9.17, 15) is 4.79 Å². The SMILES string of the molecule is O=C(Nc1ccccc1)Nc1ccc(NC2OC2Nc2ccccc2)cc1. The molecule has 0 bridgehead atoms. The Balaban J connectivity index is 1.25. The maximum Gasteiger partial charge on any atom is 0.323 e. The number of nitrogens with one attached hydrogen (secondary N) is 4. The van der Waals surface area contributed by atoms with Crippen molar-refractivity contribution in [2.45, 2.75) is 12.5 Å². The number of ether oxygens (including phenoxy) is 1. The molecule has 4 N–H and O–H groups in total. The first-order valence-corrected chi connectivity index (χ1v) is 8.73. The van der Waals surface area contributed by atoms with Gasteiger partial charge in [-0.1, -0.05) is 36.4 Å². The van der Waals surface area contributed by atoms with Crippen LogP contribution in [-0.2, 0) is 4.74 Å². The van der Waals surface area contributed by atoms with E-state index in [0.717, 1.165) is 17.1 Å². The van der Waals surface area contributed by atoms with Crippen molar-refractivity contribution in [1.82, 2.24) is 0 Å². The molecule has 0 spiro atoms. The highest BCUT2D eigenvalue weighted by Gasteiger charge is 2.39. The fraction of sp³-hybridized carbons (Fsp3) is 0.0952. The minimum Gasteiger partial charge on any atom is -0.356 e. The molecule has 1 fully saturated rings. The third-order valence-corrected chi connectivity index (χ3v) is 4.06. The Kier molecular flexibility index (Phi) is 4.89. The number of carbonyl (C=O) groups is 1. The van der Waals surface area contributed by atoms with E-state index in [1.54, 1.807) is 0 Å². The number of benzene rings is 3. The number of hydrogen-bond donors (Lipinski definition) is 4. The fourth-order valence-corrected chi connectivity index (χ4v) is 2.66. The summed E-state index contributed by atoms with van der Waals surface area (Å²) in [6.07, 6.45) is -0.132. The molecule has 3 aromatic rings. The zero-order chi connectivity index (χ0) is 18.5. The van der Waals surface area contributed by atoms with Crippen LogP contribution in [0.1, 0.15) is 0 Å². The Bertz CT molecular complexity index is 885. The molecule has 0 saturated carbocycles. The lowest BCUT2D eigenvalue weighted by molar-refractivity contribution is 0.262. The summed E-state index contributed by atoms with van der Waals surface area (Å²) in [7, 11) is 0. The molecular formula is C21H20N4O2. The van der Waals surface area contributed by atoms with Gasteiger partial charge in [-0.25, -0.2) is 4.79 Å². The van der Waals surface area contributed by atoms with Gasteiger partial charge in [0.1, 0.15) is 0 Å². The van der Waals surface area contributed by atoms with Crippen LogP contribution in [0, 0.1) is 0 Å². The highest BCUT2D eigenvalue weighted by molar-refractivity contribution is 5.99.